The summed E-state index contributed by atoms with van der Waals surface area (Å²) < 4.78 is 5.33. The standard InChI is InChI=1S/C12H16N4OS/c1-9-14-12(17-15-9)11-4-2-3-5-16(11)6-10-7-18-8-13-10/h7-8,11H,2-6H2,1H3. The molecule has 1 fully saturated rings. The van der Waals surface area contributed by atoms with E-state index in [2.05, 4.69) is 25.4 Å². The molecule has 0 bridgehead atoms. The lowest BCUT2D eigenvalue weighted by molar-refractivity contribution is 0.110. The van der Waals surface area contributed by atoms with Gasteiger partial charge >= 0.3 is 0 Å². The lowest BCUT2D eigenvalue weighted by atomic mass is 10.0. The molecule has 18 heavy (non-hydrogen) atoms. The van der Waals surface area contributed by atoms with Crippen LogP contribution in [-0.4, -0.2) is 26.6 Å². The fourth-order valence-electron chi connectivity index (χ4n) is 2.43. The zero-order valence-corrected chi connectivity index (χ0v) is 11.2. The molecule has 96 valence electrons. The largest absolute Gasteiger partial charge is 0.338 e. The Morgan fingerprint density at radius 2 is 2.44 bits per heavy atom. The molecule has 0 aromatic carbocycles. The zero-order valence-electron chi connectivity index (χ0n) is 10.4. The summed E-state index contributed by atoms with van der Waals surface area (Å²) in [5.74, 6) is 1.46. The second-order valence-electron chi connectivity index (χ2n) is 4.64. The van der Waals surface area contributed by atoms with E-state index in [-0.39, 0.29) is 6.04 Å². The van der Waals surface area contributed by atoms with E-state index in [0.717, 1.165) is 31.1 Å². The first-order valence-corrected chi connectivity index (χ1v) is 7.18. The van der Waals surface area contributed by atoms with Gasteiger partial charge in [0, 0.05) is 11.9 Å². The van der Waals surface area contributed by atoms with Gasteiger partial charge in [-0.3, -0.25) is 4.90 Å². The smallest absolute Gasteiger partial charge is 0.243 e. The second-order valence-corrected chi connectivity index (χ2v) is 5.36. The molecule has 0 amide bonds. The molecule has 0 N–H and O–H groups in total. The summed E-state index contributed by atoms with van der Waals surface area (Å²) in [5.41, 5.74) is 3.01. The Morgan fingerprint density at radius 3 is 3.17 bits per heavy atom. The first kappa shape index (κ1) is 11.8. The third kappa shape index (κ3) is 2.44. The normalized spacial score (nSPS) is 21.3. The Kier molecular flexibility index (Phi) is 3.38. The molecule has 1 atom stereocenters. The van der Waals surface area contributed by atoms with Gasteiger partial charge in [0.05, 0.1) is 17.2 Å². The molecule has 0 spiro atoms. The maximum Gasteiger partial charge on any atom is 0.243 e. The molecule has 1 unspecified atom stereocenters. The molecule has 2 aromatic rings. The minimum atomic E-state index is 0.252. The van der Waals surface area contributed by atoms with Gasteiger partial charge in [-0.2, -0.15) is 4.98 Å². The van der Waals surface area contributed by atoms with Crippen molar-refractivity contribution < 1.29 is 4.52 Å². The number of aromatic nitrogens is 3. The van der Waals surface area contributed by atoms with Gasteiger partial charge in [0.25, 0.3) is 0 Å². The van der Waals surface area contributed by atoms with Crippen molar-refractivity contribution in [1.82, 2.24) is 20.0 Å². The van der Waals surface area contributed by atoms with Crippen LogP contribution >= 0.6 is 11.3 Å². The van der Waals surface area contributed by atoms with E-state index in [9.17, 15) is 0 Å². The fourth-order valence-corrected chi connectivity index (χ4v) is 2.98. The van der Waals surface area contributed by atoms with Crippen molar-refractivity contribution in [3.63, 3.8) is 0 Å². The molecule has 2 aromatic heterocycles. The van der Waals surface area contributed by atoms with Crippen molar-refractivity contribution in [3.8, 4) is 0 Å². The van der Waals surface area contributed by atoms with Crippen LogP contribution < -0.4 is 0 Å². The number of piperidine rings is 1. The first-order valence-electron chi connectivity index (χ1n) is 6.24. The average Bonchev–Trinajstić information content (AvgIpc) is 3.02. The highest BCUT2D eigenvalue weighted by Crippen LogP contribution is 2.30. The number of aryl methyl sites for hydroxylation is 1. The van der Waals surface area contributed by atoms with Gasteiger partial charge in [-0.1, -0.05) is 11.6 Å². The Balaban J connectivity index is 1.77. The highest BCUT2D eigenvalue weighted by molar-refractivity contribution is 7.07. The van der Waals surface area contributed by atoms with E-state index in [0.29, 0.717) is 5.82 Å². The summed E-state index contributed by atoms with van der Waals surface area (Å²) in [7, 11) is 0. The van der Waals surface area contributed by atoms with Gasteiger partial charge in [0.1, 0.15) is 0 Å². The van der Waals surface area contributed by atoms with Crippen LogP contribution in [0.2, 0.25) is 0 Å². The van der Waals surface area contributed by atoms with Crippen LogP contribution in [0.4, 0.5) is 0 Å². The molecule has 0 saturated carbocycles. The minimum absolute atomic E-state index is 0.252. The van der Waals surface area contributed by atoms with Gasteiger partial charge < -0.3 is 4.52 Å². The molecule has 1 saturated heterocycles. The average molecular weight is 264 g/mol. The number of likely N-dealkylation sites (tertiary alicyclic amines) is 1. The van der Waals surface area contributed by atoms with Crippen LogP contribution in [0.25, 0.3) is 0 Å². The fraction of sp³-hybridized carbons (Fsp3) is 0.583. The van der Waals surface area contributed by atoms with Gasteiger partial charge in [0.2, 0.25) is 5.89 Å². The van der Waals surface area contributed by atoms with Crippen LogP contribution in [-0.2, 0) is 6.54 Å². The van der Waals surface area contributed by atoms with Crippen molar-refractivity contribution in [3.05, 3.63) is 28.3 Å². The molecule has 1 aliphatic heterocycles. The van der Waals surface area contributed by atoms with E-state index in [1.165, 1.54) is 12.8 Å². The lowest BCUT2D eigenvalue weighted by Crippen LogP contribution is -2.33. The quantitative estimate of drug-likeness (QED) is 0.852. The summed E-state index contributed by atoms with van der Waals surface area (Å²) in [5, 5.41) is 6.00. The van der Waals surface area contributed by atoms with Gasteiger partial charge in [0.15, 0.2) is 5.82 Å². The monoisotopic (exact) mass is 264 g/mol. The summed E-state index contributed by atoms with van der Waals surface area (Å²) >= 11 is 1.64. The number of thiazole rings is 1. The van der Waals surface area contributed by atoms with Crippen molar-refractivity contribution in [2.75, 3.05) is 6.54 Å². The van der Waals surface area contributed by atoms with Gasteiger partial charge in [-0.05, 0) is 26.3 Å². The molecule has 6 heteroatoms. The Morgan fingerprint density at radius 1 is 1.50 bits per heavy atom. The zero-order chi connectivity index (χ0) is 12.4. The van der Waals surface area contributed by atoms with E-state index in [1.54, 1.807) is 11.3 Å². The molecular formula is C12H16N4OS. The van der Waals surface area contributed by atoms with E-state index < -0.39 is 0 Å². The Hall–Kier alpha value is -1.27. The summed E-state index contributed by atoms with van der Waals surface area (Å²) in [4.78, 5) is 11.1. The van der Waals surface area contributed by atoms with Crippen LogP contribution in [0.5, 0.6) is 0 Å². The van der Waals surface area contributed by atoms with Gasteiger partial charge in [-0.25, -0.2) is 4.98 Å². The third-order valence-electron chi connectivity index (χ3n) is 3.29. The van der Waals surface area contributed by atoms with Crippen LogP contribution in [0, 0.1) is 6.92 Å². The summed E-state index contributed by atoms with van der Waals surface area (Å²) in [6.07, 6.45) is 3.54. The SMILES string of the molecule is Cc1noc(C2CCCCN2Cc2cscn2)n1. The second kappa shape index (κ2) is 5.16. The van der Waals surface area contributed by atoms with E-state index in [4.69, 9.17) is 4.52 Å². The van der Waals surface area contributed by atoms with Crippen molar-refractivity contribution >= 4 is 11.3 Å². The van der Waals surface area contributed by atoms with E-state index in [1.807, 2.05) is 12.4 Å². The molecule has 1 aliphatic rings. The first-order chi connectivity index (χ1) is 8.83. The Labute approximate surface area is 110 Å². The number of nitrogens with zero attached hydrogens (tertiary/aromatic N) is 4. The molecule has 3 heterocycles. The van der Waals surface area contributed by atoms with E-state index >= 15 is 0 Å². The van der Waals surface area contributed by atoms with Crippen molar-refractivity contribution in [2.45, 2.75) is 38.8 Å². The number of hydrogen-bond acceptors (Lipinski definition) is 6. The highest BCUT2D eigenvalue weighted by atomic mass is 32.1. The van der Waals surface area contributed by atoms with Crippen molar-refractivity contribution in [1.29, 1.82) is 0 Å². The highest BCUT2D eigenvalue weighted by Gasteiger charge is 2.28. The summed E-state index contributed by atoms with van der Waals surface area (Å²) in [6.45, 7) is 3.81. The predicted octanol–water partition coefficient (Wildman–Crippen LogP) is 2.56. The molecule has 0 aliphatic carbocycles. The minimum Gasteiger partial charge on any atom is -0.338 e. The van der Waals surface area contributed by atoms with Crippen molar-refractivity contribution in [2.24, 2.45) is 0 Å². The number of rotatable bonds is 3. The molecule has 0 radical (unpaired) electrons. The number of hydrogen-bond donors (Lipinski definition) is 0. The van der Waals surface area contributed by atoms with Crippen LogP contribution in [0.3, 0.4) is 0 Å². The predicted molar refractivity (Wildman–Crippen MR) is 68.2 cm³/mol. The lowest BCUT2D eigenvalue weighted by Gasteiger charge is -2.32. The molecular weight excluding hydrogens is 248 g/mol. The van der Waals surface area contributed by atoms with Gasteiger partial charge in [-0.15, -0.1) is 11.3 Å². The summed E-state index contributed by atoms with van der Waals surface area (Å²) in [6, 6.07) is 0.252. The molecule has 3 rings (SSSR count). The molecule has 5 nitrogen and oxygen atoms in total. The van der Waals surface area contributed by atoms with Crippen LogP contribution in [0.15, 0.2) is 15.4 Å². The maximum absolute atomic E-state index is 5.33. The third-order valence-corrected chi connectivity index (χ3v) is 3.93. The topological polar surface area (TPSA) is 55.1 Å². The Bertz CT molecular complexity index is 496. The van der Waals surface area contributed by atoms with Crippen LogP contribution in [0.1, 0.15) is 42.7 Å². The maximum atomic E-state index is 5.33.